The first-order valence-corrected chi connectivity index (χ1v) is 4.85. The topological polar surface area (TPSA) is 26.0 Å². The smallest absolute Gasteiger partial charge is 0.181 e. The van der Waals surface area contributed by atoms with Crippen LogP contribution in [-0.4, -0.2) is 10.7 Å². The number of benzene rings is 1. The number of hydrogen-bond acceptors (Lipinski definition) is 3. The van der Waals surface area contributed by atoms with Crippen molar-refractivity contribution in [1.29, 1.82) is 0 Å². The van der Waals surface area contributed by atoms with E-state index in [1.54, 1.807) is 11.8 Å². The van der Waals surface area contributed by atoms with Crippen molar-refractivity contribution in [2.24, 2.45) is 0 Å². The Morgan fingerprint density at radius 1 is 1.50 bits per heavy atom. The van der Waals surface area contributed by atoms with Crippen molar-refractivity contribution < 1.29 is 4.42 Å². The average Bonchev–Trinajstić information content (AvgIpc) is 2.51. The molecule has 0 atom stereocenters. The zero-order valence-corrected chi connectivity index (χ0v) is 7.60. The maximum absolute atomic E-state index is 5.18. The molecule has 3 heteroatoms. The molecule has 1 heterocycles. The quantitative estimate of drug-likeness (QED) is 0.663. The van der Waals surface area contributed by atoms with Crippen LogP contribution in [0, 0.1) is 0 Å². The molecule has 0 unspecified atom stereocenters. The van der Waals surface area contributed by atoms with Crippen LogP contribution in [0.15, 0.2) is 33.9 Å². The normalized spacial score (nSPS) is 10.8. The molecule has 12 heavy (non-hydrogen) atoms. The summed E-state index contributed by atoms with van der Waals surface area (Å²) in [7, 11) is 0. The van der Waals surface area contributed by atoms with E-state index in [1.165, 1.54) is 11.3 Å². The minimum Gasteiger partial charge on any atom is -0.443 e. The highest BCUT2D eigenvalue weighted by Crippen LogP contribution is 2.22. The lowest BCUT2D eigenvalue weighted by molar-refractivity contribution is 0.601. The lowest BCUT2D eigenvalue weighted by Gasteiger charge is -1.95. The van der Waals surface area contributed by atoms with Crippen LogP contribution >= 0.6 is 11.8 Å². The Balaban J connectivity index is 2.46. The molecule has 0 saturated carbocycles. The summed E-state index contributed by atoms with van der Waals surface area (Å²) in [5.74, 6) is 1.08. The molecule has 2 aromatic rings. The molecule has 0 aliphatic rings. The van der Waals surface area contributed by atoms with Crippen molar-refractivity contribution in [2.75, 3.05) is 5.75 Å². The summed E-state index contributed by atoms with van der Waals surface area (Å²) in [6.07, 6.45) is 1.48. The molecular weight excluding hydrogens is 170 g/mol. The molecule has 0 aliphatic carbocycles. The van der Waals surface area contributed by atoms with Gasteiger partial charge in [0.05, 0.1) is 0 Å². The lowest BCUT2D eigenvalue weighted by Crippen LogP contribution is -1.72. The van der Waals surface area contributed by atoms with Gasteiger partial charge in [0, 0.05) is 4.90 Å². The predicted molar refractivity (Wildman–Crippen MR) is 50.4 cm³/mol. The number of hydrogen-bond donors (Lipinski definition) is 0. The van der Waals surface area contributed by atoms with E-state index in [9.17, 15) is 0 Å². The Morgan fingerprint density at radius 3 is 3.25 bits per heavy atom. The van der Waals surface area contributed by atoms with Gasteiger partial charge in [-0.2, -0.15) is 0 Å². The molecule has 2 rings (SSSR count). The zero-order chi connectivity index (χ0) is 8.39. The minimum absolute atomic E-state index is 0.869. The third-order valence-electron chi connectivity index (χ3n) is 1.61. The number of aromatic nitrogens is 1. The largest absolute Gasteiger partial charge is 0.443 e. The van der Waals surface area contributed by atoms with Gasteiger partial charge in [0.25, 0.3) is 0 Å². The fourth-order valence-corrected chi connectivity index (χ4v) is 1.78. The van der Waals surface area contributed by atoms with Crippen molar-refractivity contribution in [3.8, 4) is 0 Å². The fraction of sp³-hybridized carbons (Fsp3) is 0.222. The first-order chi connectivity index (χ1) is 5.90. The molecule has 0 bridgehead atoms. The SMILES string of the molecule is CCSc1ccc2ncoc2c1. The third kappa shape index (κ3) is 1.32. The molecule has 0 radical (unpaired) electrons. The number of rotatable bonds is 2. The van der Waals surface area contributed by atoms with Crippen LogP contribution in [-0.2, 0) is 0 Å². The first-order valence-electron chi connectivity index (χ1n) is 3.86. The molecule has 2 nitrogen and oxygen atoms in total. The van der Waals surface area contributed by atoms with Gasteiger partial charge in [0.1, 0.15) is 5.52 Å². The first kappa shape index (κ1) is 7.68. The van der Waals surface area contributed by atoms with E-state index >= 15 is 0 Å². The summed E-state index contributed by atoms with van der Waals surface area (Å²) in [5.41, 5.74) is 1.80. The van der Waals surface area contributed by atoms with Gasteiger partial charge < -0.3 is 4.42 Å². The summed E-state index contributed by atoms with van der Waals surface area (Å²) >= 11 is 1.81. The van der Waals surface area contributed by atoms with Crippen molar-refractivity contribution in [2.45, 2.75) is 11.8 Å². The van der Waals surface area contributed by atoms with E-state index in [4.69, 9.17) is 4.42 Å². The summed E-state index contributed by atoms with van der Waals surface area (Å²) in [6, 6.07) is 6.08. The predicted octanol–water partition coefficient (Wildman–Crippen LogP) is 2.94. The van der Waals surface area contributed by atoms with Crippen molar-refractivity contribution in [1.82, 2.24) is 4.98 Å². The van der Waals surface area contributed by atoms with E-state index in [0.717, 1.165) is 16.9 Å². The van der Waals surface area contributed by atoms with E-state index in [2.05, 4.69) is 18.0 Å². The van der Waals surface area contributed by atoms with Gasteiger partial charge >= 0.3 is 0 Å². The molecule has 0 aliphatic heterocycles. The second kappa shape index (κ2) is 3.19. The standard InChI is InChI=1S/C9H9NOS/c1-2-12-7-3-4-8-9(5-7)11-6-10-8/h3-6H,2H2,1H3. The molecule has 0 fully saturated rings. The molecule has 0 saturated heterocycles. The van der Waals surface area contributed by atoms with Crippen molar-refractivity contribution >= 4 is 22.9 Å². The molecule has 62 valence electrons. The summed E-state index contributed by atoms with van der Waals surface area (Å²) < 4.78 is 5.18. The van der Waals surface area contributed by atoms with Crippen molar-refractivity contribution in [3.05, 3.63) is 24.6 Å². The summed E-state index contributed by atoms with van der Waals surface area (Å²) in [5, 5.41) is 0. The second-order valence-electron chi connectivity index (χ2n) is 2.41. The summed E-state index contributed by atoms with van der Waals surface area (Å²) in [6.45, 7) is 2.13. The Labute approximate surface area is 75.0 Å². The summed E-state index contributed by atoms with van der Waals surface area (Å²) in [4.78, 5) is 5.28. The number of thioether (sulfide) groups is 1. The van der Waals surface area contributed by atoms with Crippen LogP contribution in [0.2, 0.25) is 0 Å². The van der Waals surface area contributed by atoms with E-state index in [1.807, 2.05) is 12.1 Å². The molecule has 1 aromatic carbocycles. The Hall–Kier alpha value is -0.960. The number of fused-ring (bicyclic) bond motifs is 1. The van der Waals surface area contributed by atoms with Crippen LogP contribution in [0.5, 0.6) is 0 Å². The van der Waals surface area contributed by atoms with Gasteiger partial charge in [-0.15, -0.1) is 11.8 Å². The molecule has 0 spiro atoms. The number of nitrogens with zero attached hydrogens (tertiary/aromatic N) is 1. The molecule has 1 aromatic heterocycles. The molecular formula is C9H9NOS. The monoisotopic (exact) mass is 179 g/mol. The Kier molecular flexibility index (Phi) is 2.04. The Bertz CT molecular complexity index is 383. The van der Waals surface area contributed by atoms with Gasteiger partial charge in [-0.05, 0) is 24.0 Å². The molecule has 0 N–H and O–H groups in total. The highest BCUT2D eigenvalue weighted by Gasteiger charge is 1.98. The highest BCUT2D eigenvalue weighted by atomic mass is 32.2. The highest BCUT2D eigenvalue weighted by molar-refractivity contribution is 7.99. The van der Waals surface area contributed by atoms with Crippen LogP contribution in [0.4, 0.5) is 0 Å². The van der Waals surface area contributed by atoms with Crippen LogP contribution in [0.3, 0.4) is 0 Å². The lowest BCUT2D eigenvalue weighted by atomic mass is 10.3. The Morgan fingerprint density at radius 2 is 2.42 bits per heavy atom. The maximum atomic E-state index is 5.18. The van der Waals surface area contributed by atoms with Crippen LogP contribution in [0.25, 0.3) is 11.1 Å². The van der Waals surface area contributed by atoms with Gasteiger partial charge in [-0.25, -0.2) is 4.98 Å². The van der Waals surface area contributed by atoms with Gasteiger partial charge in [0.15, 0.2) is 12.0 Å². The fourth-order valence-electron chi connectivity index (χ4n) is 1.09. The van der Waals surface area contributed by atoms with Gasteiger partial charge in [0.2, 0.25) is 0 Å². The average molecular weight is 179 g/mol. The van der Waals surface area contributed by atoms with Crippen LogP contribution in [0.1, 0.15) is 6.92 Å². The van der Waals surface area contributed by atoms with Crippen LogP contribution < -0.4 is 0 Å². The van der Waals surface area contributed by atoms with Crippen molar-refractivity contribution in [3.63, 3.8) is 0 Å². The second-order valence-corrected chi connectivity index (χ2v) is 3.75. The minimum atomic E-state index is 0.869. The third-order valence-corrected chi connectivity index (χ3v) is 2.49. The van der Waals surface area contributed by atoms with Gasteiger partial charge in [-0.1, -0.05) is 6.92 Å². The van der Waals surface area contributed by atoms with E-state index in [0.29, 0.717) is 0 Å². The van der Waals surface area contributed by atoms with Gasteiger partial charge in [-0.3, -0.25) is 0 Å². The van der Waals surface area contributed by atoms with E-state index in [-0.39, 0.29) is 0 Å². The zero-order valence-electron chi connectivity index (χ0n) is 6.78. The number of oxazole rings is 1. The maximum Gasteiger partial charge on any atom is 0.181 e. The molecule has 0 amide bonds. The van der Waals surface area contributed by atoms with E-state index < -0.39 is 0 Å².